The highest BCUT2D eigenvalue weighted by atomic mass is 19.1. The molecule has 1 aliphatic rings. The van der Waals surface area contributed by atoms with Crippen LogP contribution in [0.4, 0.5) is 4.39 Å². The van der Waals surface area contributed by atoms with E-state index in [2.05, 4.69) is 23.4 Å². The van der Waals surface area contributed by atoms with Gasteiger partial charge in [0.1, 0.15) is 11.6 Å². The summed E-state index contributed by atoms with van der Waals surface area (Å²) in [5, 5.41) is 0. The van der Waals surface area contributed by atoms with Crippen LogP contribution in [0.1, 0.15) is 51.4 Å². The Morgan fingerprint density at radius 1 is 1.33 bits per heavy atom. The summed E-state index contributed by atoms with van der Waals surface area (Å²) < 4.78 is 15.7. The van der Waals surface area contributed by atoms with Crippen LogP contribution in [0.15, 0.2) is 18.2 Å². The standard InChI is InChI=1S/C17H24FN3/c1-17(2,9-10-19)8-7-16-20-14-11-12(18)3-6-15(14)21(16)13-4-5-13/h3,6,11,13H,4-5,7-10,19H2,1-2H3. The monoisotopic (exact) mass is 289 g/mol. The summed E-state index contributed by atoms with van der Waals surface area (Å²) in [6, 6.07) is 5.51. The summed E-state index contributed by atoms with van der Waals surface area (Å²) in [5.74, 6) is 0.890. The number of fused-ring (bicyclic) bond motifs is 1. The average molecular weight is 289 g/mol. The fraction of sp³-hybridized carbons (Fsp3) is 0.588. The molecule has 2 N–H and O–H groups in total. The Balaban J connectivity index is 1.89. The van der Waals surface area contributed by atoms with E-state index in [9.17, 15) is 4.39 Å². The molecule has 0 amide bonds. The predicted octanol–water partition coefficient (Wildman–Crippen LogP) is 3.82. The minimum Gasteiger partial charge on any atom is -0.330 e. The third-order valence-corrected chi connectivity index (χ3v) is 4.48. The molecule has 114 valence electrons. The molecule has 0 aliphatic heterocycles. The van der Waals surface area contributed by atoms with E-state index in [4.69, 9.17) is 5.73 Å². The second-order valence-corrected chi connectivity index (χ2v) is 6.97. The minimum absolute atomic E-state index is 0.210. The Labute approximate surface area is 125 Å². The van der Waals surface area contributed by atoms with E-state index >= 15 is 0 Å². The fourth-order valence-electron chi connectivity index (χ4n) is 3.00. The molecule has 0 spiro atoms. The zero-order valence-electron chi connectivity index (χ0n) is 12.9. The normalized spacial score (nSPS) is 15.8. The van der Waals surface area contributed by atoms with Crippen LogP contribution in [-0.4, -0.2) is 16.1 Å². The van der Waals surface area contributed by atoms with Crippen LogP contribution in [0, 0.1) is 11.2 Å². The molecule has 1 aromatic heterocycles. The highest BCUT2D eigenvalue weighted by Gasteiger charge is 2.29. The summed E-state index contributed by atoms with van der Waals surface area (Å²) in [4.78, 5) is 4.69. The van der Waals surface area contributed by atoms with Crippen molar-refractivity contribution in [3.63, 3.8) is 0 Å². The van der Waals surface area contributed by atoms with E-state index in [0.717, 1.165) is 42.7 Å². The summed E-state index contributed by atoms with van der Waals surface area (Å²) >= 11 is 0. The molecular formula is C17H24FN3. The molecule has 1 heterocycles. The molecule has 0 saturated heterocycles. The zero-order valence-corrected chi connectivity index (χ0v) is 12.9. The molecule has 1 saturated carbocycles. The molecule has 0 radical (unpaired) electrons. The molecule has 3 rings (SSSR count). The topological polar surface area (TPSA) is 43.8 Å². The SMILES string of the molecule is CC(C)(CCN)CCc1nc2cc(F)ccc2n1C1CC1. The van der Waals surface area contributed by atoms with Gasteiger partial charge in [-0.05, 0) is 49.8 Å². The molecule has 0 atom stereocenters. The summed E-state index contributed by atoms with van der Waals surface area (Å²) in [5.41, 5.74) is 7.78. The second kappa shape index (κ2) is 5.41. The fourth-order valence-corrected chi connectivity index (χ4v) is 3.00. The zero-order chi connectivity index (χ0) is 15.0. The maximum Gasteiger partial charge on any atom is 0.125 e. The van der Waals surface area contributed by atoms with Crippen LogP contribution < -0.4 is 5.73 Å². The van der Waals surface area contributed by atoms with Gasteiger partial charge in [0.15, 0.2) is 0 Å². The number of halogens is 1. The molecule has 2 aromatic rings. The van der Waals surface area contributed by atoms with Gasteiger partial charge in [0.25, 0.3) is 0 Å². The number of aromatic nitrogens is 2. The largest absolute Gasteiger partial charge is 0.330 e. The number of imidazole rings is 1. The van der Waals surface area contributed by atoms with E-state index in [1.165, 1.54) is 18.9 Å². The maximum atomic E-state index is 13.4. The molecule has 1 aliphatic carbocycles. The Hall–Kier alpha value is -1.42. The van der Waals surface area contributed by atoms with Gasteiger partial charge in [0, 0.05) is 18.5 Å². The molecule has 1 aromatic carbocycles. The highest BCUT2D eigenvalue weighted by molar-refractivity contribution is 5.76. The first kappa shape index (κ1) is 14.5. The van der Waals surface area contributed by atoms with Gasteiger partial charge in [-0.15, -0.1) is 0 Å². The van der Waals surface area contributed by atoms with Crippen molar-refractivity contribution in [3.05, 3.63) is 29.8 Å². The quantitative estimate of drug-likeness (QED) is 0.878. The summed E-state index contributed by atoms with van der Waals surface area (Å²) in [6.07, 6.45) is 5.43. The maximum absolute atomic E-state index is 13.4. The highest BCUT2D eigenvalue weighted by Crippen LogP contribution is 2.39. The number of nitrogens with zero attached hydrogens (tertiary/aromatic N) is 2. The lowest BCUT2D eigenvalue weighted by atomic mass is 9.84. The van der Waals surface area contributed by atoms with E-state index in [0.29, 0.717) is 6.04 Å². The van der Waals surface area contributed by atoms with Crippen LogP contribution in [0.3, 0.4) is 0 Å². The minimum atomic E-state index is -0.210. The van der Waals surface area contributed by atoms with Crippen LogP contribution in [0.2, 0.25) is 0 Å². The number of nitrogens with two attached hydrogens (primary N) is 1. The number of benzene rings is 1. The number of hydrogen-bond donors (Lipinski definition) is 1. The third kappa shape index (κ3) is 3.10. The van der Waals surface area contributed by atoms with Crippen LogP contribution in [0.5, 0.6) is 0 Å². The van der Waals surface area contributed by atoms with Gasteiger partial charge >= 0.3 is 0 Å². The van der Waals surface area contributed by atoms with Crippen molar-refractivity contribution in [3.8, 4) is 0 Å². The van der Waals surface area contributed by atoms with Crippen LogP contribution >= 0.6 is 0 Å². The first-order chi connectivity index (χ1) is 10.00. The molecular weight excluding hydrogens is 265 g/mol. The molecule has 4 heteroatoms. The first-order valence-electron chi connectivity index (χ1n) is 7.87. The number of aryl methyl sites for hydroxylation is 1. The van der Waals surface area contributed by atoms with Crippen LogP contribution in [-0.2, 0) is 6.42 Å². The van der Waals surface area contributed by atoms with Crippen molar-refractivity contribution in [1.82, 2.24) is 9.55 Å². The van der Waals surface area contributed by atoms with Crippen molar-refractivity contribution in [2.75, 3.05) is 6.54 Å². The van der Waals surface area contributed by atoms with Crippen molar-refractivity contribution in [1.29, 1.82) is 0 Å². The molecule has 0 unspecified atom stereocenters. The van der Waals surface area contributed by atoms with Crippen molar-refractivity contribution in [2.24, 2.45) is 11.1 Å². The molecule has 3 nitrogen and oxygen atoms in total. The van der Waals surface area contributed by atoms with Gasteiger partial charge in [-0.1, -0.05) is 13.8 Å². The molecule has 1 fully saturated rings. The number of rotatable bonds is 6. The molecule has 21 heavy (non-hydrogen) atoms. The Morgan fingerprint density at radius 3 is 2.76 bits per heavy atom. The third-order valence-electron chi connectivity index (χ3n) is 4.48. The van der Waals surface area contributed by atoms with Gasteiger partial charge in [-0.25, -0.2) is 9.37 Å². The predicted molar refractivity (Wildman–Crippen MR) is 83.7 cm³/mol. The molecule has 0 bridgehead atoms. The second-order valence-electron chi connectivity index (χ2n) is 6.97. The van der Waals surface area contributed by atoms with Crippen molar-refractivity contribution in [2.45, 2.75) is 52.0 Å². The van der Waals surface area contributed by atoms with Crippen molar-refractivity contribution >= 4 is 11.0 Å². The van der Waals surface area contributed by atoms with E-state index in [1.54, 1.807) is 6.07 Å². The lowest BCUT2D eigenvalue weighted by Crippen LogP contribution is -2.18. The van der Waals surface area contributed by atoms with E-state index in [1.807, 2.05) is 6.07 Å². The van der Waals surface area contributed by atoms with Gasteiger partial charge < -0.3 is 10.3 Å². The van der Waals surface area contributed by atoms with E-state index in [-0.39, 0.29) is 11.2 Å². The average Bonchev–Trinajstić information content (AvgIpc) is 3.18. The Morgan fingerprint density at radius 2 is 2.10 bits per heavy atom. The summed E-state index contributed by atoms with van der Waals surface area (Å²) in [6.45, 7) is 5.23. The lowest BCUT2D eigenvalue weighted by Gasteiger charge is -2.23. The Kier molecular flexibility index (Phi) is 3.74. The van der Waals surface area contributed by atoms with Gasteiger partial charge in [-0.3, -0.25) is 0 Å². The van der Waals surface area contributed by atoms with Gasteiger partial charge in [0.2, 0.25) is 0 Å². The Bertz CT molecular complexity index is 641. The smallest absolute Gasteiger partial charge is 0.125 e. The number of hydrogen-bond acceptors (Lipinski definition) is 2. The van der Waals surface area contributed by atoms with Gasteiger partial charge in [0.05, 0.1) is 11.0 Å². The first-order valence-corrected chi connectivity index (χ1v) is 7.87. The van der Waals surface area contributed by atoms with Crippen LogP contribution in [0.25, 0.3) is 11.0 Å². The van der Waals surface area contributed by atoms with Gasteiger partial charge in [-0.2, -0.15) is 0 Å². The van der Waals surface area contributed by atoms with Crippen molar-refractivity contribution < 1.29 is 4.39 Å². The lowest BCUT2D eigenvalue weighted by molar-refractivity contribution is 0.309. The summed E-state index contributed by atoms with van der Waals surface area (Å²) in [7, 11) is 0. The van der Waals surface area contributed by atoms with E-state index < -0.39 is 0 Å².